The zero-order valence-corrected chi connectivity index (χ0v) is 64.1. The van der Waals surface area contributed by atoms with Crippen molar-refractivity contribution >= 4 is 112 Å². The molecule has 0 aliphatic carbocycles. The maximum atomic E-state index is 13.0. The molecule has 0 aliphatic heterocycles. The second-order valence-electron chi connectivity index (χ2n) is 21.6. The van der Waals surface area contributed by atoms with Crippen LogP contribution in [0.5, 0.6) is 0 Å². The fourth-order valence-corrected chi connectivity index (χ4v) is 11.8. The average Bonchev–Trinajstić information content (AvgIpc) is 1.86. The molecule has 0 aliphatic rings. The Hall–Kier alpha value is -8.63. The maximum absolute atomic E-state index is 13.0. The van der Waals surface area contributed by atoms with Gasteiger partial charge in [0.25, 0.3) is 11.8 Å². The number of alkyl halides is 1. The number of nitrogen functional groups attached to an aromatic ring is 2. The van der Waals surface area contributed by atoms with Crippen molar-refractivity contribution in [3.05, 3.63) is 200 Å². The molecule has 0 bridgehead atoms. The number of nitrogens with zero attached hydrogens (tertiary/aromatic N) is 8. The fraction of sp³-hybridized carbons (Fsp3) is 0.394. The van der Waals surface area contributed by atoms with Gasteiger partial charge < -0.3 is 74.5 Å². The van der Waals surface area contributed by atoms with Gasteiger partial charge in [0, 0.05) is 66.6 Å². The smallest absolute Gasteiger partial charge is 0.337 e. The van der Waals surface area contributed by atoms with Crippen LogP contribution in [0.1, 0.15) is 104 Å². The molecule has 5 unspecified atom stereocenters. The van der Waals surface area contributed by atoms with Crippen LogP contribution in [0.4, 0.5) is 20.5 Å². The van der Waals surface area contributed by atoms with E-state index in [0.29, 0.717) is 76.5 Å². The lowest BCUT2D eigenvalue weighted by atomic mass is 10.1. The summed E-state index contributed by atoms with van der Waals surface area (Å²) < 4.78 is 46.3. The Morgan fingerprint density at radius 3 is 0.877 bits per heavy atom. The summed E-state index contributed by atoms with van der Waals surface area (Å²) in [6.45, 7) is 3.44. The number of nitrogens with one attached hydrogen (secondary N) is 2. The molecule has 574 valence electrons. The fourth-order valence-electron chi connectivity index (χ4n) is 8.62. The van der Waals surface area contributed by atoms with Crippen molar-refractivity contribution in [2.45, 2.75) is 81.9 Å². The Balaban J connectivity index is 0.000000312. The first-order chi connectivity index (χ1) is 51.4. The molecule has 0 radical (unpaired) electrons. The van der Waals surface area contributed by atoms with Crippen molar-refractivity contribution in [1.82, 2.24) is 40.8 Å². The van der Waals surface area contributed by atoms with Crippen molar-refractivity contribution in [2.75, 3.05) is 122 Å². The number of aliphatic hydroxyl groups is 1. The summed E-state index contributed by atoms with van der Waals surface area (Å²) in [6.07, 6.45) is 2.24. The van der Waals surface area contributed by atoms with Gasteiger partial charge in [0.2, 0.25) is 20.5 Å². The lowest BCUT2D eigenvalue weighted by Crippen LogP contribution is -2.24. The molecule has 0 saturated heterocycles. The summed E-state index contributed by atoms with van der Waals surface area (Å²) in [7, 11) is 7.93. The van der Waals surface area contributed by atoms with E-state index in [9.17, 15) is 24.0 Å². The summed E-state index contributed by atoms with van der Waals surface area (Å²) in [5.41, 5.74) is 14.2. The highest BCUT2D eigenvalue weighted by Gasteiger charge is 2.26. The van der Waals surface area contributed by atoms with Crippen LogP contribution in [-0.2, 0) is 92.3 Å². The minimum absolute atomic E-state index is 0.266. The molecule has 106 heavy (non-hydrogen) atoms. The number of carbonyl (C=O) groups is 5. The van der Waals surface area contributed by atoms with Crippen molar-refractivity contribution in [3.8, 4) is 0 Å². The Morgan fingerprint density at radius 2 is 0.632 bits per heavy atom. The standard InChI is InChI=1S/C30H36N6O6S2.2C11H14O4.C8H12N6S2.C8H8O3.C3H7BrO/c1-39-17-19-41-25(21-11-5-3-6-12-21)27(37)31-29-35-33-23(43-29)15-9-10-16-24-34-36-30(44-24)32-28(38)26(42-20-18-40-2)22-13-7-4-8-14-22;2*1-14-7-8-15-10(11(12)13)9-5-3-2-4-6-9;9-7-13-11-5(15-7)3-1-2-4-6-12-14-8(10)16-6;9-7(8(10)11)6-4-2-1-3-5-6;1-5-3-2-4/h3-8,11-14,25-26H,9-10,15-20H2,1-2H3,(H,31,35,37)(H,32,36,38);2*2-6,10H,7-8H2,1H3,(H,12,13);1-4H2,(H2,9,13)(H2,10,14);1-5,7,9H,(H,10,11);2-3H2,1H3. The predicted molar refractivity (Wildman–Crippen MR) is 407 cm³/mol. The SMILES string of the molecule is COCCBr.COCCOC(C(=O)Nc1nnc(CCCCc2nnc(NC(=O)C(OCCOC)c3ccccc3)s2)s1)c1ccccc1.COCCOC(C(=O)O)c1ccccc1.COCCOC(C(=O)O)c1ccccc1.Nc1nnc(CCCCc2nnc(N)s2)s1.O=C(O)C(O)c1ccccc1. The van der Waals surface area contributed by atoms with Gasteiger partial charge in [0.1, 0.15) is 20.0 Å². The first-order valence-corrected chi connectivity index (χ1v) is 37.3. The molecular formula is C71H91BrN12O18S4. The summed E-state index contributed by atoms with van der Waals surface area (Å²) in [5.74, 6) is -3.83. The van der Waals surface area contributed by atoms with Gasteiger partial charge in [-0.2, -0.15) is 0 Å². The molecule has 9 rings (SSSR count). The largest absolute Gasteiger partial charge is 0.479 e. The van der Waals surface area contributed by atoms with Crippen LogP contribution in [-0.4, -0.2) is 191 Å². The number of carboxylic acids is 3. The second kappa shape index (κ2) is 54.9. The van der Waals surface area contributed by atoms with Crippen LogP contribution in [0.25, 0.3) is 0 Å². The number of methoxy groups -OCH3 is 5. The number of nitrogens with two attached hydrogens (primary N) is 2. The number of benzene rings is 5. The molecule has 30 nitrogen and oxygen atoms in total. The van der Waals surface area contributed by atoms with Crippen LogP contribution in [0, 0.1) is 0 Å². The number of halogens is 1. The molecule has 5 aromatic carbocycles. The van der Waals surface area contributed by atoms with E-state index in [1.165, 1.54) is 45.3 Å². The van der Waals surface area contributed by atoms with E-state index in [0.717, 1.165) is 81.6 Å². The molecule has 9 aromatic rings. The number of aromatic nitrogens is 8. The number of carbonyl (C=O) groups excluding carboxylic acids is 2. The summed E-state index contributed by atoms with van der Waals surface area (Å²) >= 11 is 8.76. The summed E-state index contributed by atoms with van der Waals surface area (Å²) in [4.78, 5) is 58.1. The second-order valence-corrected chi connectivity index (χ2v) is 26.7. The highest BCUT2D eigenvalue weighted by Crippen LogP contribution is 2.27. The van der Waals surface area contributed by atoms with Gasteiger partial charge >= 0.3 is 17.9 Å². The van der Waals surface area contributed by atoms with Gasteiger partial charge in [-0.05, 0) is 53.5 Å². The number of aliphatic hydroxyl groups excluding tert-OH is 1. The minimum atomic E-state index is -1.41. The molecule has 10 N–H and O–H groups in total. The van der Waals surface area contributed by atoms with Gasteiger partial charge in [-0.25, -0.2) is 14.4 Å². The number of aliphatic carboxylic acids is 3. The molecule has 0 saturated carbocycles. The van der Waals surface area contributed by atoms with E-state index < -0.39 is 48.4 Å². The molecule has 5 atom stereocenters. The molecule has 0 spiro atoms. The maximum Gasteiger partial charge on any atom is 0.337 e. The normalized spacial score (nSPS) is 12.0. The molecule has 0 fully saturated rings. The average molecular weight is 1610 g/mol. The number of anilines is 4. The van der Waals surface area contributed by atoms with E-state index >= 15 is 0 Å². The van der Waals surface area contributed by atoms with Crippen LogP contribution < -0.4 is 22.1 Å². The Labute approximate surface area is 639 Å². The van der Waals surface area contributed by atoms with Crippen molar-refractivity contribution < 1.29 is 87.0 Å². The van der Waals surface area contributed by atoms with Gasteiger partial charge in [0.15, 0.2) is 30.5 Å². The van der Waals surface area contributed by atoms with E-state index in [4.69, 9.17) is 69.8 Å². The number of aryl methyl sites for hydroxylation is 4. The Kier molecular flexibility index (Phi) is 46.5. The highest BCUT2D eigenvalue weighted by molar-refractivity contribution is 9.09. The Bertz CT molecular complexity index is 3590. The third kappa shape index (κ3) is 37.1. The van der Waals surface area contributed by atoms with Crippen LogP contribution in [0.2, 0.25) is 0 Å². The number of hydrogen-bond acceptors (Lipinski definition) is 29. The first-order valence-electron chi connectivity index (χ1n) is 33.0. The molecule has 4 heterocycles. The van der Waals surface area contributed by atoms with Crippen LogP contribution in [0.15, 0.2) is 152 Å². The molecular weight excluding hydrogens is 1520 g/mol. The number of hydrogen-bond donors (Lipinski definition) is 8. The van der Waals surface area contributed by atoms with Crippen LogP contribution >= 0.6 is 61.3 Å². The van der Waals surface area contributed by atoms with Gasteiger partial charge in [0.05, 0.1) is 59.5 Å². The van der Waals surface area contributed by atoms with Gasteiger partial charge in [-0.1, -0.05) is 213 Å². The van der Waals surface area contributed by atoms with E-state index in [1.807, 2.05) is 72.8 Å². The monoisotopic (exact) mass is 1610 g/mol. The van der Waals surface area contributed by atoms with Crippen molar-refractivity contribution in [2.24, 2.45) is 0 Å². The quantitative estimate of drug-likeness (QED) is 0.0131. The number of rotatable bonds is 40. The number of carboxylic acid groups (broad SMARTS) is 3. The molecule has 2 amide bonds. The van der Waals surface area contributed by atoms with Crippen molar-refractivity contribution in [1.29, 1.82) is 0 Å². The molecule has 4 aromatic heterocycles. The lowest BCUT2D eigenvalue weighted by molar-refractivity contribution is -0.152. The zero-order valence-electron chi connectivity index (χ0n) is 59.3. The van der Waals surface area contributed by atoms with Gasteiger partial charge in [-0.15, -0.1) is 40.8 Å². The first kappa shape index (κ1) is 89.8. The van der Waals surface area contributed by atoms with Crippen LogP contribution in [0.3, 0.4) is 0 Å². The lowest BCUT2D eigenvalue weighted by Gasteiger charge is -2.17. The van der Waals surface area contributed by atoms with E-state index in [2.05, 4.69) is 72.1 Å². The Morgan fingerprint density at radius 1 is 0.368 bits per heavy atom. The number of unbranched alkanes of at least 4 members (excludes halogenated alkanes) is 2. The third-order valence-electron chi connectivity index (χ3n) is 13.7. The van der Waals surface area contributed by atoms with E-state index in [1.54, 1.807) is 114 Å². The van der Waals surface area contributed by atoms with E-state index in [-0.39, 0.29) is 38.2 Å². The highest BCUT2D eigenvalue weighted by atomic mass is 79.9. The summed E-state index contributed by atoms with van der Waals surface area (Å²) in [6, 6.07) is 44.6. The van der Waals surface area contributed by atoms with Gasteiger partial charge in [-0.3, -0.25) is 20.2 Å². The summed E-state index contributed by atoms with van der Waals surface area (Å²) in [5, 5.41) is 79.6. The minimum Gasteiger partial charge on any atom is -0.479 e. The number of ether oxygens (including phenoxy) is 9. The zero-order chi connectivity index (χ0) is 76.9. The molecule has 35 heteroatoms. The third-order valence-corrected chi connectivity index (χ3v) is 17.4. The topological polar surface area (TPSA) is 429 Å². The number of amides is 2. The van der Waals surface area contributed by atoms with Crippen molar-refractivity contribution in [3.63, 3.8) is 0 Å². The predicted octanol–water partition coefficient (Wildman–Crippen LogP) is 10.5.